The number of ether oxygens (including phenoxy) is 1. The highest BCUT2D eigenvalue weighted by Gasteiger charge is 2.29. The molecule has 11 heteroatoms. The molecule has 1 aliphatic heterocycles. The van der Waals surface area contributed by atoms with Crippen LogP contribution in [0.5, 0.6) is 5.88 Å². The van der Waals surface area contributed by atoms with E-state index in [0.29, 0.717) is 18.4 Å². The van der Waals surface area contributed by atoms with E-state index in [2.05, 4.69) is 15.4 Å². The third-order valence-corrected chi connectivity index (χ3v) is 7.10. The maximum absolute atomic E-state index is 15.3. The molecule has 0 unspecified atom stereocenters. The Kier molecular flexibility index (Phi) is 4.89. The summed E-state index contributed by atoms with van der Waals surface area (Å²) < 4.78 is 50.2. The van der Waals surface area contributed by atoms with E-state index in [-0.39, 0.29) is 28.8 Å². The molecule has 2 aliphatic rings. The van der Waals surface area contributed by atoms with Gasteiger partial charge in [0, 0.05) is 24.0 Å². The molecule has 2 amide bonds. The molecule has 4 bridgehead atoms. The first-order valence-electron chi connectivity index (χ1n) is 10.5. The van der Waals surface area contributed by atoms with Gasteiger partial charge in [0.05, 0.1) is 11.2 Å². The number of carbonyl (C=O) groups excluding carboxylic acids is 1. The van der Waals surface area contributed by atoms with Crippen LogP contribution in [0.4, 0.5) is 14.9 Å². The van der Waals surface area contributed by atoms with Gasteiger partial charge < -0.3 is 10.1 Å². The molecule has 3 aromatic rings. The Morgan fingerprint density at radius 2 is 2.03 bits per heavy atom. The normalized spacial score (nSPS) is 18.6. The first-order valence-corrected chi connectivity index (χ1v) is 12.0. The first kappa shape index (κ1) is 21.4. The maximum atomic E-state index is 15.3. The summed E-state index contributed by atoms with van der Waals surface area (Å²) >= 11 is 0. The van der Waals surface area contributed by atoms with Gasteiger partial charge in [0.15, 0.2) is 5.03 Å². The van der Waals surface area contributed by atoms with Gasteiger partial charge in [0.25, 0.3) is 10.0 Å². The van der Waals surface area contributed by atoms with E-state index in [1.165, 1.54) is 29.2 Å². The minimum Gasteiger partial charge on any atom is -0.475 e. The highest BCUT2D eigenvalue weighted by molar-refractivity contribution is 7.90. The smallest absolute Gasteiger partial charge is 0.333 e. The fourth-order valence-corrected chi connectivity index (χ4v) is 5.02. The summed E-state index contributed by atoms with van der Waals surface area (Å²) in [7, 11) is -4.26. The lowest BCUT2D eigenvalue weighted by atomic mass is 9.97. The van der Waals surface area contributed by atoms with Gasteiger partial charge in [-0.25, -0.2) is 18.9 Å². The van der Waals surface area contributed by atoms with Crippen molar-refractivity contribution >= 4 is 21.7 Å². The number of nitrogens with zero attached hydrogens (tertiary/aromatic N) is 3. The Bertz CT molecular complexity index is 1380. The molecule has 1 aliphatic carbocycles. The highest BCUT2D eigenvalue weighted by atomic mass is 32.2. The van der Waals surface area contributed by atoms with E-state index in [9.17, 15) is 13.2 Å². The van der Waals surface area contributed by atoms with Gasteiger partial charge in [-0.3, -0.25) is 4.68 Å². The summed E-state index contributed by atoms with van der Waals surface area (Å²) in [6.45, 7) is 3.75. The number of amides is 2. The van der Waals surface area contributed by atoms with E-state index in [1.807, 2.05) is 18.6 Å². The number of carbonyl (C=O) groups is 1. The standard InChI is InChI=1S/C22H22FN5O4S/c1-22(2)12-32-17-11-14(6-8-24-17)19-16(23)10-13-4-3-5-15(13)20(19)25-21(29)27-33(30,31)18-7-9-28(22)26-18/h6-11H,3-5,12H2,1-2H3,(H2,25,27,29). The maximum Gasteiger partial charge on any atom is 0.333 e. The van der Waals surface area contributed by atoms with Crippen molar-refractivity contribution < 1.29 is 22.3 Å². The molecule has 0 radical (unpaired) electrons. The average Bonchev–Trinajstić information content (AvgIpc) is 3.42. The van der Waals surface area contributed by atoms with E-state index in [4.69, 9.17) is 4.74 Å². The minimum absolute atomic E-state index is 0.120. The summed E-state index contributed by atoms with van der Waals surface area (Å²) in [5.74, 6) is -0.251. The van der Waals surface area contributed by atoms with Crippen LogP contribution in [-0.2, 0) is 28.4 Å². The van der Waals surface area contributed by atoms with Gasteiger partial charge in [-0.2, -0.15) is 13.5 Å². The summed E-state index contributed by atoms with van der Waals surface area (Å²) in [4.78, 5) is 17.0. The van der Waals surface area contributed by atoms with Crippen molar-refractivity contribution in [1.29, 1.82) is 0 Å². The average molecular weight is 472 g/mol. The quantitative estimate of drug-likeness (QED) is 0.520. The zero-order valence-corrected chi connectivity index (χ0v) is 18.9. The summed E-state index contributed by atoms with van der Waals surface area (Å²) in [6, 6.07) is 5.00. The number of aromatic nitrogens is 3. The molecule has 9 nitrogen and oxygen atoms in total. The number of halogens is 1. The Morgan fingerprint density at radius 3 is 2.85 bits per heavy atom. The van der Waals surface area contributed by atoms with Crippen LogP contribution in [0, 0.1) is 5.82 Å². The van der Waals surface area contributed by atoms with E-state index < -0.39 is 27.4 Å². The van der Waals surface area contributed by atoms with Crippen LogP contribution in [0.25, 0.3) is 11.1 Å². The second-order valence-corrected chi connectivity index (χ2v) is 10.4. The number of urea groups is 1. The fraction of sp³-hybridized carbons (Fsp3) is 0.318. The highest BCUT2D eigenvalue weighted by Crippen LogP contribution is 2.40. The number of pyridine rings is 1. The third kappa shape index (κ3) is 3.82. The molecule has 0 spiro atoms. The minimum atomic E-state index is -4.26. The lowest BCUT2D eigenvalue weighted by molar-refractivity contribution is 0.164. The van der Waals surface area contributed by atoms with Gasteiger partial charge in [-0.05, 0) is 68.0 Å². The molecule has 2 aromatic heterocycles. The number of nitrogens with one attached hydrogen (secondary N) is 2. The second kappa shape index (κ2) is 7.55. The largest absolute Gasteiger partial charge is 0.475 e. The molecule has 0 fully saturated rings. The lowest BCUT2D eigenvalue weighted by Crippen LogP contribution is -2.36. The molecule has 0 saturated heterocycles. The number of fused-ring (bicyclic) bond motifs is 8. The molecule has 2 N–H and O–H groups in total. The second-order valence-electron chi connectivity index (χ2n) is 8.74. The number of aryl methyl sites for hydroxylation is 1. The van der Waals surface area contributed by atoms with Crippen molar-refractivity contribution in [3.05, 3.63) is 53.6 Å². The van der Waals surface area contributed by atoms with Crippen LogP contribution in [0.1, 0.15) is 31.4 Å². The van der Waals surface area contributed by atoms with Crippen molar-refractivity contribution in [3.63, 3.8) is 0 Å². The van der Waals surface area contributed by atoms with Crippen LogP contribution in [-0.4, -0.2) is 35.8 Å². The van der Waals surface area contributed by atoms with Crippen molar-refractivity contribution in [3.8, 4) is 17.0 Å². The zero-order valence-electron chi connectivity index (χ0n) is 18.1. The summed E-state index contributed by atoms with van der Waals surface area (Å²) in [5.41, 5.74) is 1.70. The number of benzene rings is 1. The predicted molar refractivity (Wildman–Crippen MR) is 118 cm³/mol. The van der Waals surface area contributed by atoms with Crippen LogP contribution < -0.4 is 14.8 Å². The Balaban J connectivity index is 1.69. The molecule has 172 valence electrons. The van der Waals surface area contributed by atoms with Gasteiger partial charge in [-0.1, -0.05) is 0 Å². The molecule has 33 heavy (non-hydrogen) atoms. The molecular formula is C22H22FN5O4S. The number of rotatable bonds is 0. The number of hydrogen-bond acceptors (Lipinski definition) is 6. The van der Waals surface area contributed by atoms with Crippen molar-refractivity contribution in [2.45, 2.75) is 43.7 Å². The Hall–Kier alpha value is -3.47. The van der Waals surface area contributed by atoms with E-state index >= 15 is 4.39 Å². The fourth-order valence-electron chi connectivity index (χ4n) is 4.19. The molecule has 3 heterocycles. The first-order chi connectivity index (χ1) is 15.6. The monoisotopic (exact) mass is 471 g/mol. The van der Waals surface area contributed by atoms with Crippen LogP contribution in [0.15, 0.2) is 41.7 Å². The predicted octanol–water partition coefficient (Wildman–Crippen LogP) is 3.21. The Morgan fingerprint density at radius 1 is 1.21 bits per heavy atom. The molecule has 0 atom stereocenters. The number of anilines is 1. The zero-order chi connectivity index (χ0) is 23.4. The number of sulfonamides is 1. The number of hydrogen-bond donors (Lipinski definition) is 2. The topological polar surface area (TPSA) is 115 Å². The molecule has 0 saturated carbocycles. The third-order valence-electron chi connectivity index (χ3n) is 5.87. The van der Waals surface area contributed by atoms with Crippen LogP contribution in [0.2, 0.25) is 0 Å². The molecule has 1 aromatic carbocycles. The van der Waals surface area contributed by atoms with Crippen LogP contribution >= 0.6 is 0 Å². The lowest BCUT2D eigenvalue weighted by Gasteiger charge is -2.25. The van der Waals surface area contributed by atoms with Gasteiger partial charge >= 0.3 is 6.03 Å². The molecule has 5 rings (SSSR count). The van der Waals surface area contributed by atoms with Gasteiger partial charge in [0.2, 0.25) is 5.88 Å². The van der Waals surface area contributed by atoms with Crippen LogP contribution in [0.3, 0.4) is 0 Å². The van der Waals surface area contributed by atoms with Gasteiger partial charge in [-0.15, -0.1) is 0 Å². The Labute approximate surface area is 190 Å². The van der Waals surface area contributed by atoms with E-state index in [1.54, 1.807) is 12.1 Å². The summed E-state index contributed by atoms with van der Waals surface area (Å²) in [5, 5.41) is 6.41. The van der Waals surface area contributed by atoms with Crippen molar-refractivity contribution in [2.75, 3.05) is 11.9 Å². The van der Waals surface area contributed by atoms with Crippen molar-refractivity contribution in [2.24, 2.45) is 0 Å². The van der Waals surface area contributed by atoms with E-state index in [0.717, 1.165) is 17.5 Å². The SMILES string of the molecule is CC1(C)COc2cc(ccn2)-c2c(F)cc3c(c2NC(=O)NS(=O)(=O)c2ccn1n2)CCC3. The molecular weight excluding hydrogens is 449 g/mol. The van der Waals surface area contributed by atoms with Crippen molar-refractivity contribution in [1.82, 2.24) is 19.5 Å². The summed E-state index contributed by atoms with van der Waals surface area (Å²) in [6.07, 6.45) is 5.13. The van der Waals surface area contributed by atoms with Gasteiger partial charge in [0.1, 0.15) is 12.4 Å².